The number of aliphatic imine (C=N–C) groups is 1. The van der Waals surface area contributed by atoms with Gasteiger partial charge in [0.05, 0.1) is 4.91 Å². The number of carbonyl (C=O) groups excluding carboxylic acids is 1. The fraction of sp³-hybridized carbons (Fsp3) is 0. The first-order valence-corrected chi connectivity index (χ1v) is 8.07. The van der Waals surface area contributed by atoms with Crippen LogP contribution in [-0.2, 0) is 4.79 Å². The van der Waals surface area contributed by atoms with E-state index in [9.17, 15) is 4.79 Å². The summed E-state index contributed by atoms with van der Waals surface area (Å²) in [5.41, 5.74) is 3.14. The third-order valence-electron chi connectivity index (χ3n) is 3.30. The molecule has 4 nitrogen and oxygen atoms in total. The highest BCUT2D eigenvalue weighted by Gasteiger charge is 2.23. The molecule has 0 unspecified atom stereocenters. The minimum atomic E-state index is -0.234. The van der Waals surface area contributed by atoms with E-state index >= 15 is 0 Å². The maximum atomic E-state index is 11.8. The van der Waals surface area contributed by atoms with E-state index in [-0.39, 0.29) is 5.91 Å². The van der Waals surface area contributed by atoms with Gasteiger partial charge in [-0.15, -0.1) is 4.99 Å². The molecular formula is C19H13N3OS. The molecule has 0 aromatic heterocycles. The Balaban J connectivity index is 1.72. The van der Waals surface area contributed by atoms with E-state index in [2.05, 4.69) is 16.4 Å². The van der Waals surface area contributed by atoms with Crippen molar-refractivity contribution in [1.82, 2.24) is 5.32 Å². The minimum absolute atomic E-state index is 0.234. The van der Waals surface area contributed by atoms with Crippen LogP contribution in [0, 0.1) is 11.5 Å². The quantitative estimate of drug-likeness (QED) is 0.527. The number of nitrogens with zero attached hydrogens (tertiary/aromatic N) is 2. The van der Waals surface area contributed by atoms with Gasteiger partial charge in [0.25, 0.3) is 5.91 Å². The number of carbonyl (C=O) groups is 1. The topological polar surface area (TPSA) is 65.2 Å². The number of nitrogens with one attached hydrogen (secondary N) is 1. The van der Waals surface area contributed by atoms with E-state index in [1.54, 1.807) is 12.3 Å². The van der Waals surface area contributed by atoms with Gasteiger partial charge in [0.1, 0.15) is 0 Å². The standard InChI is InChI=1S/C19H13N3OS/c20-13-21-19-22-18(23)17(24-19)12-16-10-8-15(9-11-16)7-6-14-4-2-1-3-5-14/h1-12H,(H,21,22,23)/b7-6+,17-12?. The maximum Gasteiger partial charge on any atom is 0.264 e. The fourth-order valence-electron chi connectivity index (χ4n) is 2.14. The van der Waals surface area contributed by atoms with Crippen LogP contribution in [0.25, 0.3) is 18.2 Å². The Bertz CT molecular complexity index is 875. The number of hydrogen-bond acceptors (Lipinski definition) is 4. The van der Waals surface area contributed by atoms with Crippen molar-refractivity contribution < 1.29 is 4.79 Å². The summed E-state index contributed by atoms with van der Waals surface area (Å²) in [6, 6.07) is 18.0. The highest BCUT2D eigenvalue weighted by molar-refractivity contribution is 8.18. The molecule has 2 aromatic carbocycles. The summed E-state index contributed by atoms with van der Waals surface area (Å²) in [6.45, 7) is 0. The predicted octanol–water partition coefficient (Wildman–Crippen LogP) is 3.90. The van der Waals surface area contributed by atoms with Gasteiger partial charge in [0.15, 0.2) is 5.17 Å². The van der Waals surface area contributed by atoms with Gasteiger partial charge in [0.2, 0.25) is 6.19 Å². The maximum absolute atomic E-state index is 11.8. The van der Waals surface area contributed by atoms with E-state index in [1.165, 1.54) is 0 Å². The number of nitriles is 1. The van der Waals surface area contributed by atoms with Crippen molar-refractivity contribution in [2.45, 2.75) is 0 Å². The van der Waals surface area contributed by atoms with Gasteiger partial charge in [-0.1, -0.05) is 66.7 Å². The Morgan fingerprint density at radius 2 is 1.58 bits per heavy atom. The lowest BCUT2D eigenvalue weighted by molar-refractivity contribution is -0.115. The highest BCUT2D eigenvalue weighted by atomic mass is 32.2. The first kappa shape index (κ1) is 15.8. The first-order chi connectivity index (χ1) is 11.7. The van der Waals surface area contributed by atoms with E-state index in [4.69, 9.17) is 5.26 Å². The van der Waals surface area contributed by atoms with Crippen LogP contribution >= 0.6 is 11.8 Å². The van der Waals surface area contributed by atoms with Gasteiger partial charge < -0.3 is 0 Å². The Labute approximate surface area is 144 Å². The molecule has 0 atom stereocenters. The molecule has 1 fully saturated rings. The van der Waals surface area contributed by atoms with Crippen LogP contribution < -0.4 is 5.32 Å². The summed E-state index contributed by atoms with van der Waals surface area (Å²) >= 11 is 1.16. The summed E-state index contributed by atoms with van der Waals surface area (Å²) < 4.78 is 0. The predicted molar refractivity (Wildman–Crippen MR) is 98.6 cm³/mol. The molecule has 0 radical (unpaired) electrons. The van der Waals surface area contributed by atoms with Gasteiger partial charge in [-0.25, -0.2) is 0 Å². The Morgan fingerprint density at radius 1 is 0.958 bits per heavy atom. The Morgan fingerprint density at radius 3 is 2.25 bits per heavy atom. The van der Waals surface area contributed by atoms with Crippen LogP contribution in [0.3, 0.4) is 0 Å². The molecule has 0 bridgehead atoms. The first-order valence-electron chi connectivity index (χ1n) is 7.25. The summed E-state index contributed by atoms with van der Waals surface area (Å²) in [6.07, 6.45) is 7.55. The molecule has 5 heteroatoms. The molecule has 1 heterocycles. The van der Waals surface area contributed by atoms with Crippen molar-refractivity contribution in [1.29, 1.82) is 5.26 Å². The molecule has 24 heavy (non-hydrogen) atoms. The van der Waals surface area contributed by atoms with Crippen LogP contribution in [0.5, 0.6) is 0 Å². The second kappa shape index (κ2) is 7.44. The summed E-state index contributed by atoms with van der Waals surface area (Å²) in [7, 11) is 0. The van der Waals surface area contributed by atoms with Gasteiger partial charge in [0, 0.05) is 0 Å². The number of benzene rings is 2. The molecule has 1 aliphatic rings. The van der Waals surface area contributed by atoms with Crippen molar-refractivity contribution in [3.63, 3.8) is 0 Å². The normalized spacial score (nSPS) is 17.4. The smallest absolute Gasteiger partial charge is 0.264 e. The molecule has 1 saturated heterocycles. The molecular weight excluding hydrogens is 318 g/mol. The summed E-state index contributed by atoms with van der Waals surface area (Å²) in [4.78, 5) is 15.8. The van der Waals surface area contributed by atoms with Crippen LogP contribution in [-0.4, -0.2) is 11.1 Å². The lowest BCUT2D eigenvalue weighted by Crippen LogP contribution is -2.19. The monoisotopic (exact) mass is 331 g/mol. The zero-order valence-corrected chi connectivity index (χ0v) is 13.5. The van der Waals surface area contributed by atoms with Crippen LogP contribution in [0.1, 0.15) is 16.7 Å². The van der Waals surface area contributed by atoms with Crippen LogP contribution in [0.15, 0.2) is 64.5 Å². The molecule has 1 N–H and O–H groups in total. The third kappa shape index (κ3) is 4.00. The SMILES string of the molecule is N#CN=C1NC(=O)C(=Cc2ccc(/C=C/c3ccccc3)cc2)S1. The number of amidine groups is 1. The molecule has 0 aliphatic carbocycles. The van der Waals surface area contributed by atoms with Crippen molar-refractivity contribution in [3.05, 3.63) is 76.2 Å². The number of thioether (sulfide) groups is 1. The fourth-order valence-corrected chi connectivity index (χ4v) is 2.91. The lowest BCUT2D eigenvalue weighted by Gasteiger charge is -1.98. The van der Waals surface area contributed by atoms with Gasteiger partial charge in [-0.05, 0) is 34.5 Å². The van der Waals surface area contributed by atoms with E-state index < -0.39 is 0 Å². The van der Waals surface area contributed by atoms with E-state index in [0.717, 1.165) is 28.5 Å². The van der Waals surface area contributed by atoms with Crippen molar-refractivity contribution in [3.8, 4) is 6.19 Å². The van der Waals surface area contributed by atoms with E-state index in [1.807, 2.05) is 60.7 Å². The molecule has 0 saturated carbocycles. The number of hydrogen-bond donors (Lipinski definition) is 1. The average Bonchev–Trinajstić information content (AvgIpc) is 2.95. The molecule has 0 spiro atoms. The third-order valence-corrected chi connectivity index (χ3v) is 4.21. The molecule has 116 valence electrons. The summed E-state index contributed by atoms with van der Waals surface area (Å²) in [5.74, 6) is -0.234. The Kier molecular flexibility index (Phi) is 4.90. The lowest BCUT2D eigenvalue weighted by atomic mass is 10.1. The second-order valence-corrected chi connectivity index (χ2v) is 6.02. The van der Waals surface area contributed by atoms with Crippen molar-refractivity contribution >= 4 is 41.1 Å². The molecule has 2 aromatic rings. The molecule has 1 aliphatic heterocycles. The van der Waals surface area contributed by atoms with Crippen molar-refractivity contribution in [2.24, 2.45) is 4.99 Å². The molecule has 1 amide bonds. The summed E-state index contributed by atoms with van der Waals surface area (Å²) in [5, 5.41) is 11.4. The molecule has 3 rings (SSSR count). The largest absolute Gasteiger partial charge is 0.300 e. The van der Waals surface area contributed by atoms with Crippen LogP contribution in [0.4, 0.5) is 0 Å². The zero-order valence-electron chi connectivity index (χ0n) is 12.6. The van der Waals surface area contributed by atoms with E-state index in [0.29, 0.717) is 10.1 Å². The second-order valence-electron chi connectivity index (χ2n) is 4.99. The van der Waals surface area contributed by atoms with Gasteiger partial charge in [-0.2, -0.15) is 5.26 Å². The number of rotatable bonds is 3. The van der Waals surface area contributed by atoms with Gasteiger partial charge in [-0.3, -0.25) is 10.1 Å². The zero-order chi connectivity index (χ0) is 16.8. The average molecular weight is 331 g/mol. The number of amides is 1. The minimum Gasteiger partial charge on any atom is -0.300 e. The highest BCUT2D eigenvalue weighted by Crippen LogP contribution is 2.26. The van der Waals surface area contributed by atoms with Crippen molar-refractivity contribution in [2.75, 3.05) is 0 Å². The van der Waals surface area contributed by atoms with Gasteiger partial charge >= 0.3 is 0 Å². The van der Waals surface area contributed by atoms with Crippen LogP contribution in [0.2, 0.25) is 0 Å². The Hall–Kier alpha value is -3.10.